The van der Waals surface area contributed by atoms with Crippen molar-refractivity contribution in [2.75, 3.05) is 6.61 Å². The summed E-state index contributed by atoms with van der Waals surface area (Å²) in [6.45, 7) is -1.32. The molecule has 0 radical (unpaired) electrons. The highest BCUT2D eigenvalue weighted by Gasteiger charge is 2.58. The second-order valence-electron chi connectivity index (χ2n) is 11.1. The zero-order valence-electron chi connectivity index (χ0n) is 25.5. The highest BCUT2D eigenvalue weighted by molar-refractivity contribution is 6.03. The number of aliphatic hydroxyl groups is 5. The Labute approximate surface area is 278 Å². The van der Waals surface area contributed by atoms with Crippen LogP contribution in [0.5, 0.6) is 11.5 Å². The van der Waals surface area contributed by atoms with Crippen molar-refractivity contribution in [1.82, 2.24) is 0 Å². The van der Waals surface area contributed by atoms with Gasteiger partial charge in [0, 0.05) is 5.56 Å². The topological polar surface area (TPSA) is 236 Å². The molecule has 6 N–H and O–H groups in total. The standard InChI is InChI=1S/C34H32O15/c35-21-11-13-23(47-32-28(40)27(39)26(38)24(48-32)17-45-30(41)18-7-3-1-4-8-18)20(15-21)16-46-33(43)34(44)25(37)14-12-22(36)29(34)49-31(42)19-9-5-2-6-10-19/h1-15,24-29,32,35,37-40,44H,16-17H2/t24-,25+,26+,27-,28-,29-,32+,34+/m0/s1. The summed E-state index contributed by atoms with van der Waals surface area (Å²) in [5, 5.41) is 63.5. The molecule has 1 aliphatic heterocycles. The van der Waals surface area contributed by atoms with Crippen molar-refractivity contribution in [3.05, 3.63) is 108 Å². The number of aliphatic hydroxyl groups excluding tert-OH is 4. The van der Waals surface area contributed by atoms with Gasteiger partial charge in [0.25, 0.3) is 0 Å². The molecule has 49 heavy (non-hydrogen) atoms. The molecule has 1 aliphatic carbocycles. The third kappa shape index (κ3) is 7.62. The summed E-state index contributed by atoms with van der Waals surface area (Å²) in [6.07, 6.45) is -11.0. The summed E-state index contributed by atoms with van der Waals surface area (Å²) in [5.74, 6) is -4.92. The highest BCUT2D eigenvalue weighted by Crippen LogP contribution is 2.32. The highest BCUT2D eigenvalue weighted by atomic mass is 16.7. The zero-order chi connectivity index (χ0) is 35.3. The number of esters is 3. The van der Waals surface area contributed by atoms with Gasteiger partial charge in [-0.3, -0.25) is 4.79 Å². The third-order valence-electron chi connectivity index (χ3n) is 7.82. The molecule has 0 unspecified atom stereocenters. The maximum Gasteiger partial charge on any atom is 0.346 e. The van der Waals surface area contributed by atoms with E-state index in [4.69, 9.17) is 23.7 Å². The van der Waals surface area contributed by atoms with Gasteiger partial charge in [-0.1, -0.05) is 36.4 Å². The number of ketones is 1. The van der Waals surface area contributed by atoms with Gasteiger partial charge in [0.1, 0.15) is 55.2 Å². The summed E-state index contributed by atoms with van der Waals surface area (Å²) in [4.78, 5) is 51.0. The maximum absolute atomic E-state index is 13.3. The van der Waals surface area contributed by atoms with Crippen LogP contribution in [0.15, 0.2) is 91.0 Å². The Bertz CT molecular complexity index is 1690. The van der Waals surface area contributed by atoms with E-state index in [-0.39, 0.29) is 28.2 Å². The normalized spacial score (nSPS) is 27.9. The molecule has 1 heterocycles. The number of carbonyl (C=O) groups excluding carboxylic acids is 4. The molecule has 15 heteroatoms. The summed E-state index contributed by atoms with van der Waals surface area (Å²) < 4.78 is 26.9. The SMILES string of the molecule is O=C(OC[C@@H]1O[C@@H](Oc2ccc(O)cc2COC(=O)[C@@]2(O)[C@H](O)C=CC(=O)[C@@H]2OC(=O)c2ccccc2)[C@@H](O)[C@@H](O)[C@@H]1O)c1ccccc1. The lowest BCUT2D eigenvalue weighted by molar-refractivity contribution is -0.277. The number of carbonyl (C=O) groups is 4. The monoisotopic (exact) mass is 680 g/mol. The second kappa shape index (κ2) is 14.9. The average molecular weight is 681 g/mol. The van der Waals surface area contributed by atoms with E-state index in [1.807, 2.05) is 0 Å². The number of benzene rings is 3. The lowest BCUT2D eigenvalue weighted by Gasteiger charge is -2.40. The molecule has 258 valence electrons. The van der Waals surface area contributed by atoms with Crippen molar-refractivity contribution in [1.29, 1.82) is 0 Å². The summed E-state index contributed by atoms with van der Waals surface area (Å²) in [7, 11) is 0. The molecule has 0 aromatic heterocycles. The van der Waals surface area contributed by atoms with Gasteiger partial charge >= 0.3 is 17.9 Å². The number of rotatable bonds is 10. The Kier molecular flexibility index (Phi) is 10.7. The van der Waals surface area contributed by atoms with Gasteiger partial charge < -0.3 is 54.3 Å². The number of phenolic OH excluding ortho intramolecular Hbond substituents is 1. The van der Waals surface area contributed by atoms with Gasteiger partial charge in [-0.05, 0) is 54.6 Å². The van der Waals surface area contributed by atoms with Crippen LogP contribution in [0.25, 0.3) is 0 Å². The lowest BCUT2D eigenvalue weighted by Crippen LogP contribution is -2.63. The minimum Gasteiger partial charge on any atom is -0.508 e. The van der Waals surface area contributed by atoms with Crippen LogP contribution >= 0.6 is 0 Å². The van der Waals surface area contributed by atoms with Gasteiger partial charge in [0.2, 0.25) is 18.0 Å². The van der Waals surface area contributed by atoms with E-state index in [0.29, 0.717) is 0 Å². The molecule has 1 saturated heterocycles. The van der Waals surface area contributed by atoms with E-state index in [1.165, 1.54) is 48.5 Å². The molecule has 8 atom stereocenters. The summed E-state index contributed by atoms with van der Waals surface area (Å²) in [5.41, 5.74) is -2.96. The first-order valence-corrected chi connectivity index (χ1v) is 14.9. The smallest absolute Gasteiger partial charge is 0.346 e. The molecule has 1 fully saturated rings. The second-order valence-corrected chi connectivity index (χ2v) is 11.1. The molecule has 0 spiro atoms. The van der Waals surface area contributed by atoms with Gasteiger partial charge in [-0.25, -0.2) is 14.4 Å². The van der Waals surface area contributed by atoms with Crippen molar-refractivity contribution >= 4 is 23.7 Å². The van der Waals surface area contributed by atoms with E-state index in [9.17, 15) is 49.8 Å². The summed E-state index contributed by atoms with van der Waals surface area (Å²) in [6, 6.07) is 18.8. The molecule has 3 aromatic rings. The summed E-state index contributed by atoms with van der Waals surface area (Å²) >= 11 is 0. The Morgan fingerprint density at radius 2 is 1.43 bits per heavy atom. The van der Waals surface area contributed by atoms with Gasteiger partial charge in [0.15, 0.2) is 5.78 Å². The average Bonchev–Trinajstić information content (AvgIpc) is 3.11. The Morgan fingerprint density at radius 3 is 2.08 bits per heavy atom. The zero-order valence-corrected chi connectivity index (χ0v) is 25.5. The molecule has 2 aliphatic rings. The first-order valence-electron chi connectivity index (χ1n) is 14.9. The fraction of sp³-hybridized carbons (Fsp3) is 0.294. The van der Waals surface area contributed by atoms with Crippen molar-refractivity contribution < 1.29 is 73.5 Å². The Morgan fingerprint density at radius 1 is 0.796 bits per heavy atom. The largest absolute Gasteiger partial charge is 0.508 e. The minimum absolute atomic E-state index is 0.00189. The van der Waals surface area contributed by atoms with Gasteiger partial charge in [-0.2, -0.15) is 0 Å². The molecule has 0 amide bonds. The van der Waals surface area contributed by atoms with Crippen LogP contribution in [0.2, 0.25) is 0 Å². The van der Waals surface area contributed by atoms with Crippen molar-refractivity contribution in [2.45, 2.75) is 55.1 Å². The fourth-order valence-corrected chi connectivity index (χ4v) is 5.06. The molecular formula is C34H32O15. The number of aromatic hydroxyl groups is 1. The predicted octanol–water partition coefficient (Wildman–Crippen LogP) is -0.0647. The third-order valence-corrected chi connectivity index (χ3v) is 7.82. The van der Waals surface area contributed by atoms with Crippen molar-refractivity contribution in [2.24, 2.45) is 0 Å². The number of ether oxygens (including phenoxy) is 5. The first-order chi connectivity index (χ1) is 23.4. The van der Waals surface area contributed by atoms with Gasteiger partial charge in [0.05, 0.1) is 11.1 Å². The molecule has 0 saturated carbocycles. The predicted molar refractivity (Wildman–Crippen MR) is 163 cm³/mol. The fourth-order valence-electron chi connectivity index (χ4n) is 5.06. The maximum atomic E-state index is 13.3. The van der Waals surface area contributed by atoms with Crippen LogP contribution in [0.1, 0.15) is 26.3 Å². The molecule has 0 bridgehead atoms. The van der Waals surface area contributed by atoms with Crippen LogP contribution in [-0.2, 0) is 35.1 Å². The number of hydrogen-bond donors (Lipinski definition) is 6. The van der Waals surface area contributed by atoms with E-state index in [0.717, 1.165) is 18.2 Å². The molecule has 3 aromatic carbocycles. The number of hydrogen-bond acceptors (Lipinski definition) is 15. The van der Waals surface area contributed by atoms with Crippen LogP contribution in [0.3, 0.4) is 0 Å². The Hall–Kier alpha value is -5.16. The molecule has 5 rings (SSSR count). The van der Waals surface area contributed by atoms with Gasteiger partial charge in [-0.15, -0.1) is 0 Å². The molecular weight excluding hydrogens is 648 g/mol. The number of phenols is 1. The first kappa shape index (κ1) is 35.2. The Balaban J connectivity index is 1.29. The quantitative estimate of drug-likeness (QED) is 0.122. The van der Waals surface area contributed by atoms with E-state index in [1.54, 1.807) is 24.3 Å². The van der Waals surface area contributed by atoms with E-state index >= 15 is 0 Å². The van der Waals surface area contributed by atoms with Crippen LogP contribution < -0.4 is 4.74 Å². The minimum atomic E-state index is -3.08. The van der Waals surface area contributed by atoms with E-state index < -0.39 is 85.4 Å². The molecule has 15 nitrogen and oxygen atoms in total. The lowest BCUT2D eigenvalue weighted by atomic mass is 9.83. The van der Waals surface area contributed by atoms with Crippen molar-refractivity contribution in [3.8, 4) is 11.5 Å². The van der Waals surface area contributed by atoms with Crippen LogP contribution in [0, 0.1) is 0 Å². The van der Waals surface area contributed by atoms with Crippen LogP contribution in [-0.4, -0.2) is 109 Å². The van der Waals surface area contributed by atoms with E-state index in [2.05, 4.69) is 0 Å². The van der Waals surface area contributed by atoms with Crippen LogP contribution in [0.4, 0.5) is 0 Å². The van der Waals surface area contributed by atoms with Crippen molar-refractivity contribution in [3.63, 3.8) is 0 Å².